The number of para-hydroxylation sites is 2. The Morgan fingerprint density at radius 3 is 0.862 bits per heavy atom. The zero-order valence-electron chi connectivity index (χ0n) is 58.4. The molecular weight excluding hydrogens is 1110 g/mol. The predicted octanol–water partition coefficient (Wildman–Crippen LogP) is 28.1. The maximum absolute atomic E-state index is 7.12. The van der Waals surface area contributed by atoms with Crippen LogP contribution in [0.15, 0.2) is 48.5 Å². The summed E-state index contributed by atoms with van der Waals surface area (Å²) in [6, 6.07) is 17.5. The van der Waals surface area contributed by atoms with Crippen LogP contribution in [0.25, 0.3) is 0 Å². The summed E-state index contributed by atoms with van der Waals surface area (Å²) in [7, 11) is -2.98. The maximum Gasteiger partial charge on any atom is 0.463 e. The van der Waals surface area contributed by atoms with E-state index in [1.54, 1.807) is 0 Å². The number of benzene rings is 2. The molecule has 2 fully saturated rings. The third-order valence-corrected chi connectivity index (χ3v) is 22.6. The Kier molecular flexibility index (Phi) is 48.7. The Bertz CT molecular complexity index is 1710. The van der Waals surface area contributed by atoms with Crippen molar-refractivity contribution in [2.75, 3.05) is 13.2 Å². The summed E-state index contributed by atoms with van der Waals surface area (Å²) in [4.78, 5) is 0. The highest BCUT2D eigenvalue weighted by molar-refractivity contribution is 7.42. The Hall–Kier alpha value is -1.26. The Balaban J connectivity index is 1.28. The highest BCUT2D eigenvalue weighted by atomic mass is 31.2. The molecule has 2 aliphatic rings. The maximum atomic E-state index is 7.12. The number of hydrogen-bond donors (Lipinski definition) is 0. The summed E-state index contributed by atoms with van der Waals surface area (Å²) < 4.78 is 41.0. The van der Waals surface area contributed by atoms with Crippen LogP contribution in [-0.4, -0.2) is 25.4 Å². The average Bonchev–Trinajstić information content (AvgIpc) is 2.24. The second kappa shape index (κ2) is 54.2. The first-order chi connectivity index (χ1) is 42.9. The summed E-state index contributed by atoms with van der Waals surface area (Å²) in [5, 5.41) is 0. The number of unbranched alkanes of at least 4 members (excludes halogenated alkanes) is 40. The van der Waals surface area contributed by atoms with Gasteiger partial charge in [0.05, 0.1) is 25.4 Å². The molecule has 0 spiro atoms. The number of rotatable bonds is 60. The summed E-state index contributed by atoms with van der Waals surface area (Å²) in [5.41, 5.74) is 2.82. The summed E-state index contributed by atoms with van der Waals surface area (Å²) in [5.74, 6) is 3.24. The van der Waals surface area contributed by atoms with E-state index in [-0.39, 0.29) is 17.6 Å². The van der Waals surface area contributed by atoms with Crippen LogP contribution in [0.2, 0.25) is 0 Å². The molecule has 2 aromatic rings. The van der Waals surface area contributed by atoms with Crippen molar-refractivity contribution in [3.8, 4) is 11.5 Å². The van der Waals surface area contributed by atoms with Crippen molar-refractivity contribution in [3.63, 3.8) is 0 Å². The van der Waals surface area contributed by atoms with Gasteiger partial charge >= 0.3 is 17.2 Å². The topological polar surface area (TPSA) is 55.4 Å². The second-order valence-corrected chi connectivity index (χ2v) is 30.3. The fourth-order valence-electron chi connectivity index (χ4n) is 14.1. The first-order valence-electron chi connectivity index (χ1n) is 38.6. The van der Waals surface area contributed by atoms with Crippen molar-refractivity contribution in [2.45, 2.75) is 400 Å². The van der Waals surface area contributed by atoms with Crippen molar-refractivity contribution in [1.29, 1.82) is 0 Å². The zero-order valence-corrected chi connectivity index (χ0v) is 60.2. The third kappa shape index (κ3) is 38.5. The fraction of sp³-hybridized carbons (Fsp3) is 0.848. The minimum Gasteiger partial charge on any atom is -0.417 e. The molecule has 0 amide bonds. The molecule has 8 heteroatoms. The lowest BCUT2D eigenvalue weighted by Gasteiger charge is -2.46. The normalized spacial score (nSPS) is 17.5. The second-order valence-electron chi connectivity index (χ2n) is 28.1. The molecule has 2 aliphatic carbocycles. The van der Waals surface area contributed by atoms with E-state index < -0.39 is 17.2 Å². The molecular formula is C79H142O6P2. The molecule has 0 atom stereocenters. The molecule has 4 rings (SSSR count). The van der Waals surface area contributed by atoms with E-state index in [2.05, 4.69) is 90.1 Å². The van der Waals surface area contributed by atoms with Gasteiger partial charge in [-0.1, -0.05) is 335 Å². The zero-order chi connectivity index (χ0) is 61.8. The van der Waals surface area contributed by atoms with E-state index in [9.17, 15) is 0 Å². The van der Waals surface area contributed by atoms with Crippen molar-refractivity contribution in [3.05, 3.63) is 59.7 Å². The standard InChI is InChI=1S/C79H142O6P2/c1-7-11-15-19-23-27-31-35-39-43-47-55-71-57-49-51-59-77(71)84-87(85-78-60-52-50-58-72(78)56-48-44-40-36-32-28-24-20-16-12-8-2)83-76-67-63-74(64-68-76)79(5,6)73-61-65-75(66-62-73)82-86(80-69-53-45-41-37-33-29-25-21-17-13-9-3)81-70-54-46-42-38-34-30-26-22-18-14-10-4/h49-52,57-60,73-76H,7-48,53-56,61-70H2,1-6H3. The highest BCUT2D eigenvalue weighted by Crippen LogP contribution is 2.53. The lowest BCUT2D eigenvalue weighted by molar-refractivity contribution is 0.00529. The average molecular weight is 1250 g/mol. The first-order valence-corrected chi connectivity index (χ1v) is 40.8. The Labute approximate surface area is 543 Å². The molecule has 0 heterocycles. The van der Waals surface area contributed by atoms with E-state index in [1.165, 1.54) is 306 Å². The van der Waals surface area contributed by atoms with Crippen LogP contribution in [0.3, 0.4) is 0 Å². The van der Waals surface area contributed by atoms with Crippen LogP contribution >= 0.6 is 17.2 Å². The molecule has 0 aromatic heterocycles. The monoisotopic (exact) mass is 1250 g/mol. The van der Waals surface area contributed by atoms with Gasteiger partial charge in [0.15, 0.2) is 0 Å². The van der Waals surface area contributed by atoms with Gasteiger partial charge in [-0.2, -0.15) is 0 Å². The van der Waals surface area contributed by atoms with Crippen LogP contribution in [0.4, 0.5) is 0 Å². The molecule has 0 aliphatic heterocycles. The van der Waals surface area contributed by atoms with Crippen molar-refractivity contribution >= 4 is 17.2 Å². The van der Waals surface area contributed by atoms with E-state index >= 15 is 0 Å². The Morgan fingerprint density at radius 2 is 0.563 bits per heavy atom. The first kappa shape index (κ1) is 78.2. The van der Waals surface area contributed by atoms with Crippen molar-refractivity contribution in [2.24, 2.45) is 17.3 Å². The predicted molar refractivity (Wildman–Crippen MR) is 381 cm³/mol. The van der Waals surface area contributed by atoms with Gasteiger partial charge in [0.25, 0.3) is 0 Å². The molecule has 0 unspecified atom stereocenters. The highest BCUT2D eigenvalue weighted by Gasteiger charge is 2.42. The molecule has 2 saturated carbocycles. The summed E-state index contributed by atoms with van der Waals surface area (Å²) >= 11 is 0. The van der Waals surface area contributed by atoms with Crippen LogP contribution in [0.1, 0.15) is 387 Å². The van der Waals surface area contributed by atoms with Gasteiger partial charge in [-0.25, -0.2) is 0 Å². The van der Waals surface area contributed by atoms with Gasteiger partial charge in [0.2, 0.25) is 0 Å². The van der Waals surface area contributed by atoms with Crippen molar-refractivity contribution in [1.82, 2.24) is 0 Å². The van der Waals surface area contributed by atoms with E-state index in [1.807, 2.05) is 0 Å². The van der Waals surface area contributed by atoms with Crippen LogP contribution in [-0.2, 0) is 30.9 Å². The molecule has 0 saturated heterocycles. The Morgan fingerprint density at radius 1 is 0.310 bits per heavy atom. The van der Waals surface area contributed by atoms with Gasteiger partial charge in [-0.3, -0.25) is 4.52 Å². The van der Waals surface area contributed by atoms with Crippen molar-refractivity contribution < 1.29 is 27.1 Å². The molecule has 0 bridgehead atoms. The largest absolute Gasteiger partial charge is 0.463 e. The summed E-state index contributed by atoms with van der Waals surface area (Å²) in [6.45, 7) is 15.9. The minimum atomic E-state index is -1.66. The minimum absolute atomic E-state index is 0.124. The number of aryl methyl sites for hydroxylation is 2. The van der Waals surface area contributed by atoms with Gasteiger partial charge in [-0.05, 0) is 130 Å². The van der Waals surface area contributed by atoms with E-state index in [0.29, 0.717) is 11.8 Å². The van der Waals surface area contributed by atoms with Gasteiger partial charge in [-0.15, -0.1) is 0 Å². The van der Waals surface area contributed by atoms with Crippen LogP contribution < -0.4 is 9.05 Å². The molecule has 2 aromatic carbocycles. The van der Waals surface area contributed by atoms with Crippen LogP contribution in [0.5, 0.6) is 11.5 Å². The molecule has 87 heavy (non-hydrogen) atoms. The van der Waals surface area contributed by atoms with Gasteiger partial charge < -0.3 is 22.6 Å². The van der Waals surface area contributed by atoms with Crippen LogP contribution in [0, 0.1) is 17.3 Å². The lowest BCUT2D eigenvalue weighted by atomic mass is 9.60. The smallest absolute Gasteiger partial charge is 0.417 e. The fourth-order valence-corrected chi connectivity index (χ4v) is 16.6. The molecule has 504 valence electrons. The van der Waals surface area contributed by atoms with E-state index in [4.69, 9.17) is 27.1 Å². The van der Waals surface area contributed by atoms with Gasteiger partial charge in [0.1, 0.15) is 11.5 Å². The number of hydrogen-bond acceptors (Lipinski definition) is 6. The summed E-state index contributed by atoms with van der Waals surface area (Å²) in [6.07, 6.45) is 70.9. The third-order valence-electron chi connectivity index (χ3n) is 20.2. The molecule has 6 nitrogen and oxygen atoms in total. The quantitative estimate of drug-likeness (QED) is 0.0486. The molecule has 0 radical (unpaired) electrons. The molecule has 0 N–H and O–H groups in total. The van der Waals surface area contributed by atoms with E-state index in [0.717, 1.165) is 76.1 Å². The SMILES string of the molecule is CCCCCCCCCCCCCOP(OCCCCCCCCCCCCC)OC1CCC(C(C)(C)C2CCC(OP(Oc3ccccc3CCCCCCCCCCCCC)Oc3ccccc3CCCCCCCCCCCCC)CC2)CC1. The van der Waals surface area contributed by atoms with Gasteiger partial charge in [0, 0.05) is 0 Å². The lowest BCUT2D eigenvalue weighted by Crippen LogP contribution is -2.39.